The molecule has 1 aromatic carbocycles. The summed E-state index contributed by atoms with van der Waals surface area (Å²) in [6.45, 7) is 1.85. The summed E-state index contributed by atoms with van der Waals surface area (Å²) >= 11 is 0. The van der Waals surface area contributed by atoms with E-state index in [0.717, 1.165) is 11.2 Å². The average Bonchev–Trinajstić information content (AvgIpc) is 2.85. The van der Waals surface area contributed by atoms with Gasteiger partial charge in [-0.05, 0) is 43.3 Å². The largest absolute Gasteiger partial charge is 0.336 e. The SMILES string of the molecule is CC(=Nc1ccc(F)cc1)c1nc2ncccc2[nH]1. The molecule has 94 valence electrons. The molecule has 0 saturated carbocycles. The van der Waals surface area contributed by atoms with Crippen LogP contribution in [0.2, 0.25) is 0 Å². The first kappa shape index (κ1) is 11.5. The molecule has 0 fully saturated rings. The zero-order valence-corrected chi connectivity index (χ0v) is 10.3. The van der Waals surface area contributed by atoms with Gasteiger partial charge in [-0.2, -0.15) is 0 Å². The van der Waals surface area contributed by atoms with E-state index in [1.54, 1.807) is 18.3 Å². The number of pyridine rings is 1. The lowest BCUT2D eigenvalue weighted by molar-refractivity contribution is 0.628. The van der Waals surface area contributed by atoms with Crippen molar-refractivity contribution in [2.24, 2.45) is 4.99 Å². The van der Waals surface area contributed by atoms with Crippen molar-refractivity contribution in [2.75, 3.05) is 0 Å². The number of rotatable bonds is 2. The summed E-state index contributed by atoms with van der Waals surface area (Å²) in [7, 11) is 0. The Morgan fingerprint density at radius 1 is 1.21 bits per heavy atom. The van der Waals surface area contributed by atoms with Gasteiger partial charge in [0.1, 0.15) is 5.82 Å². The van der Waals surface area contributed by atoms with Gasteiger partial charge in [-0.3, -0.25) is 0 Å². The Morgan fingerprint density at radius 3 is 2.74 bits per heavy atom. The Bertz CT molecular complexity index is 710. The third-order valence-corrected chi connectivity index (χ3v) is 2.72. The molecule has 5 heteroatoms. The van der Waals surface area contributed by atoms with Crippen LogP contribution in [0.15, 0.2) is 47.6 Å². The summed E-state index contributed by atoms with van der Waals surface area (Å²) in [5.74, 6) is 0.391. The van der Waals surface area contributed by atoms with Crippen molar-refractivity contribution in [2.45, 2.75) is 6.92 Å². The van der Waals surface area contributed by atoms with Crippen molar-refractivity contribution in [3.63, 3.8) is 0 Å². The van der Waals surface area contributed by atoms with Crippen molar-refractivity contribution in [3.05, 3.63) is 54.2 Å². The van der Waals surface area contributed by atoms with Gasteiger partial charge in [-0.25, -0.2) is 19.4 Å². The summed E-state index contributed by atoms with van der Waals surface area (Å²) in [5, 5.41) is 0. The Hall–Kier alpha value is -2.56. The number of benzene rings is 1. The summed E-state index contributed by atoms with van der Waals surface area (Å²) in [5.41, 5.74) is 2.94. The molecule has 0 aliphatic carbocycles. The van der Waals surface area contributed by atoms with Gasteiger partial charge >= 0.3 is 0 Å². The fourth-order valence-electron chi connectivity index (χ4n) is 1.78. The lowest BCUT2D eigenvalue weighted by Crippen LogP contribution is -1.96. The summed E-state index contributed by atoms with van der Waals surface area (Å²) in [6.07, 6.45) is 1.69. The van der Waals surface area contributed by atoms with Crippen LogP contribution >= 0.6 is 0 Å². The van der Waals surface area contributed by atoms with Crippen LogP contribution in [0.3, 0.4) is 0 Å². The first-order chi connectivity index (χ1) is 9.22. The van der Waals surface area contributed by atoms with Crippen molar-refractivity contribution >= 4 is 22.6 Å². The minimum Gasteiger partial charge on any atom is -0.336 e. The summed E-state index contributed by atoms with van der Waals surface area (Å²) < 4.78 is 12.8. The molecule has 0 unspecified atom stereocenters. The fraction of sp³-hybridized carbons (Fsp3) is 0.0714. The fourth-order valence-corrected chi connectivity index (χ4v) is 1.78. The number of halogens is 1. The Balaban J connectivity index is 1.98. The van der Waals surface area contributed by atoms with Crippen molar-refractivity contribution < 1.29 is 4.39 Å². The predicted octanol–water partition coefficient (Wildman–Crippen LogP) is 3.24. The lowest BCUT2D eigenvalue weighted by Gasteiger charge is -1.97. The quantitative estimate of drug-likeness (QED) is 0.714. The van der Waals surface area contributed by atoms with Crippen LogP contribution in [0.25, 0.3) is 11.2 Å². The molecule has 2 heterocycles. The minimum absolute atomic E-state index is 0.274. The molecule has 4 nitrogen and oxygen atoms in total. The molecule has 0 aliphatic heterocycles. The van der Waals surface area contributed by atoms with Crippen LogP contribution in [-0.4, -0.2) is 20.7 Å². The van der Waals surface area contributed by atoms with E-state index in [1.807, 2.05) is 19.1 Å². The number of hydrogen-bond acceptors (Lipinski definition) is 3. The van der Waals surface area contributed by atoms with Crippen LogP contribution in [0.1, 0.15) is 12.7 Å². The van der Waals surface area contributed by atoms with Gasteiger partial charge in [0.05, 0.1) is 16.9 Å². The predicted molar refractivity (Wildman–Crippen MR) is 72.2 cm³/mol. The van der Waals surface area contributed by atoms with Crippen LogP contribution in [0.4, 0.5) is 10.1 Å². The lowest BCUT2D eigenvalue weighted by atomic mass is 10.3. The maximum atomic E-state index is 12.8. The van der Waals surface area contributed by atoms with E-state index in [2.05, 4.69) is 19.9 Å². The summed E-state index contributed by atoms with van der Waals surface area (Å²) in [4.78, 5) is 16.1. The van der Waals surface area contributed by atoms with Crippen LogP contribution < -0.4 is 0 Å². The highest BCUT2D eigenvalue weighted by atomic mass is 19.1. The number of aliphatic imine (C=N–C) groups is 1. The second kappa shape index (κ2) is 4.61. The van der Waals surface area contributed by atoms with E-state index in [9.17, 15) is 4.39 Å². The second-order valence-corrected chi connectivity index (χ2v) is 4.13. The average molecular weight is 254 g/mol. The first-order valence-corrected chi connectivity index (χ1v) is 5.84. The number of imidazole rings is 1. The highest BCUT2D eigenvalue weighted by Crippen LogP contribution is 2.15. The maximum Gasteiger partial charge on any atom is 0.178 e. The standard InChI is InChI=1S/C14H11FN4/c1-9(17-11-6-4-10(15)5-7-11)13-18-12-3-2-8-16-14(12)19-13/h2-8H,1H3,(H,16,18,19). The molecule has 1 N–H and O–H groups in total. The Kier molecular flexibility index (Phi) is 2.79. The zero-order chi connectivity index (χ0) is 13.2. The molecule has 0 spiro atoms. The number of hydrogen-bond donors (Lipinski definition) is 1. The monoisotopic (exact) mass is 254 g/mol. The van der Waals surface area contributed by atoms with E-state index in [1.165, 1.54) is 12.1 Å². The van der Waals surface area contributed by atoms with Gasteiger partial charge in [0.2, 0.25) is 0 Å². The highest BCUT2D eigenvalue weighted by Gasteiger charge is 2.05. The molecule has 0 amide bonds. The van der Waals surface area contributed by atoms with Crippen LogP contribution in [0.5, 0.6) is 0 Å². The Labute approximate surface area is 109 Å². The van der Waals surface area contributed by atoms with Crippen molar-refractivity contribution in [1.82, 2.24) is 15.0 Å². The molecule has 0 aliphatic rings. The van der Waals surface area contributed by atoms with Crippen LogP contribution in [-0.2, 0) is 0 Å². The van der Waals surface area contributed by atoms with E-state index in [4.69, 9.17) is 0 Å². The number of aromatic nitrogens is 3. The highest BCUT2D eigenvalue weighted by molar-refractivity contribution is 5.99. The number of aromatic amines is 1. The smallest absolute Gasteiger partial charge is 0.178 e. The molecule has 3 aromatic rings. The van der Waals surface area contributed by atoms with E-state index in [0.29, 0.717) is 17.2 Å². The van der Waals surface area contributed by atoms with E-state index < -0.39 is 0 Å². The van der Waals surface area contributed by atoms with Crippen LogP contribution in [0, 0.1) is 5.82 Å². The van der Waals surface area contributed by atoms with Gasteiger partial charge in [-0.15, -0.1) is 0 Å². The molecular weight excluding hydrogens is 243 g/mol. The van der Waals surface area contributed by atoms with Crippen molar-refractivity contribution in [1.29, 1.82) is 0 Å². The molecule has 2 aromatic heterocycles. The third-order valence-electron chi connectivity index (χ3n) is 2.72. The number of nitrogens with one attached hydrogen (secondary N) is 1. The maximum absolute atomic E-state index is 12.8. The second-order valence-electron chi connectivity index (χ2n) is 4.13. The van der Waals surface area contributed by atoms with E-state index >= 15 is 0 Å². The Morgan fingerprint density at radius 2 is 2.00 bits per heavy atom. The molecule has 0 saturated heterocycles. The minimum atomic E-state index is -0.274. The normalized spacial score (nSPS) is 12.0. The molecule has 0 radical (unpaired) electrons. The topological polar surface area (TPSA) is 53.9 Å². The van der Waals surface area contributed by atoms with Gasteiger partial charge in [-0.1, -0.05) is 0 Å². The van der Waals surface area contributed by atoms with Gasteiger partial charge in [0, 0.05) is 6.20 Å². The number of nitrogens with zero attached hydrogens (tertiary/aromatic N) is 3. The van der Waals surface area contributed by atoms with Gasteiger partial charge < -0.3 is 4.98 Å². The molecule has 19 heavy (non-hydrogen) atoms. The van der Waals surface area contributed by atoms with E-state index in [-0.39, 0.29) is 5.82 Å². The zero-order valence-electron chi connectivity index (χ0n) is 10.3. The first-order valence-electron chi connectivity index (χ1n) is 5.84. The third kappa shape index (κ3) is 2.35. The molecule has 0 atom stereocenters. The summed E-state index contributed by atoms with van der Waals surface area (Å²) in [6, 6.07) is 9.76. The van der Waals surface area contributed by atoms with Gasteiger partial charge in [0.25, 0.3) is 0 Å². The molecular formula is C14H11FN4. The van der Waals surface area contributed by atoms with Crippen molar-refractivity contribution in [3.8, 4) is 0 Å². The number of H-pyrrole nitrogens is 1. The molecule has 0 bridgehead atoms. The molecule has 3 rings (SSSR count). The number of fused-ring (bicyclic) bond motifs is 1. The van der Waals surface area contributed by atoms with Gasteiger partial charge in [0.15, 0.2) is 11.5 Å².